The molecule has 0 saturated heterocycles. The summed E-state index contributed by atoms with van der Waals surface area (Å²) in [4.78, 5) is 10.4. The third kappa shape index (κ3) is 5.66. The number of hydrogen-bond donors (Lipinski definition) is 0. The number of ketones is 1. The summed E-state index contributed by atoms with van der Waals surface area (Å²) in [6, 6.07) is 0. The van der Waals surface area contributed by atoms with E-state index in [0.717, 1.165) is 0 Å². The largest absolute Gasteiger partial charge is 0.478 e. The Morgan fingerprint density at radius 1 is 1.40 bits per heavy atom. The highest BCUT2D eigenvalue weighted by Crippen LogP contribution is 2.17. The Morgan fingerprint density at radius 2 is 1.90 bits per heavy atom. The lowest BCUT2D eigenvalue weighted by atomic mass is 9.83. The number of carbonyl (C=O) groups is 1. The highest BCUT2D eigenvalue weighted by Gasteiger charge is 2.22. The summed E-state index contributed by atoms with van der Waals surface area (Å²) in [5, 5.41) is 0. The molecule has 0 aliphatic carbocycles. The number of halogens is 3. The van der Waals surface area contributed by atoms with Gasteiger partial charge in [-0.2, -0.15) is 0 Å². The quantitative estimate of drug-likeness (QED) is 0.565. The maximum absolute atomic E-state index is 11.5. The lowest BCUT2D eigenvalue weighted by Crippen LogP contribution is -2.15. The molecule has 0 atom stereocenters. The first-order valence-electron chi connectivity index (χ1n) is 3.18. The zero-order valence-electron chi connectivity index (χ0n) is 5.74. The van der Waals surface area contributed by atoms with Gasteiger partial charge in [0.15, 0.2) is 0 Å². The molecule has 0 rings (SSSR count). The maximum atomic E-state index is 11.5. The average Bonchev–Trinajstić information content (AvgIpc) is 1.81. The molecule has 5 heteroatoms. The van der Waals surface area contributed by atoms with Crippen molar-refractivity contribution in [2.24, 2.45) is 0 Å². The molecule has 0 aromatic heterocycles. The first-order chi connectivity index (χ1) is 4.45. The molecule has 0 N–H and O–H groups in total. The number of Topliss-reactive ketones (excluding diaryl/α,β-unsaturated/α-hetero) is 1. The van der Waals surface area contributed by atoms with Crippen molar-refractivity contribution in [3.05, 3.63) is 0 Å². The van der Waals surface area contributed by atoms with Gasteiger partial charge in [0.05, 0.1) is 0 Å². The fourth-order valence-electron chi connectivity index (χ4n) is 0.501. The van der Waals surface area contributed by atoms with Crippen LogP contribution in [-0.2, 0) is 4.79 Å². The second-order valence-corrected chi connectivity index (χ2v) is 2.14. The van der Waals surface area contributed by atoms with Crippen LogP contribution in [0.15, 0.2) is 0 Å². The Labute approximate surface area is 57.7 Å². The van der Waals surface area contributed by atoms with Crippen LogP contribution in [0.2, 0.25) is 6.32 Å². The van der Waals surface area contributed by atoms with Crippen LogP contribution >= 0.6 is 0 Å². The minimum absolute atomic E-state index is 0.201. The van der Waals surface area contributed by atoms with E-state index < -0.39 is 13.3 Å². The van der Waals surface area contributed by atoms with Gasteiger partial charge in [0.2, 0.25) is 0 Å². The molecule has 1 nitrogen and oxygen atoms in total. The molecule has 0 heterocycles. The normalized spacial score (nSPS) is 11.6. The molecular weight excluding hydrogens is 144 g/mol. The Bertz CT molecular complexity index is 121. The molecule has 0 radical (unpaired) electrons. The fourth-order valence-corrected chi connectivity index (χ4v) is 0.501. The zero-order chi connectivity index (χ0) is 8.20. The van der Waals surface area contributed by atoms with Crippen molar-refractivity contribution < 1.29 is 17.7 Å². The molecule has 0 aliphatic heterocycles. The van der Waals surface area contributed by atoms with Gasteiger partial charge in [-0.15, -0.1) is 0 Å². The smallest absolute Gasteiger partial charge is 0.449 e. The van der Waals surface area contributed by atoms with E-state index in [4.69, 9.17) is 0 Å². The molecule has 0 aromatic carbocycles. The van der Waals surface area contributed by atoms with E-state index in [9.17, 15) is 17.7 Å². The molecule has 10 heavy (non-hydrogen) atoms. The lowest BCUT2D eigenvalue weighted by Gasteiger charge is -2.11. The first-order valence-corrected chi connectivity index (χ1v) is 3.18. The molecule has 0 fully saturated rings. The van der Waals surface area contributed by atoms with Crippen molar-refractivity contribution in [2.45, 2.75) is 26.1 Å². The molecule has 0 aliphatic rings. The van der Waals surface area contributed by atoms with E-state index in [-0.39, 0.29) is 18.6 Å². The average molecular weight is 153 g/mol. The van der Waals surface area contributed by atoms with Crippen molar-refractivity contribution in [2.75, 3.05) is 0 Å². The van der Waals surface area contributed by atoms with E-state index in [0.29, 0.717) is 0 Å². The van der Waals surface area contributed by atoms with Crippen molar-refractivity contribution in [1.29, 1.82) is 0 Å². The van der Waals surface area contributed by atoms with Crippen LogP contribution in [0.4, 0.5) is 12.9 Å². The predicted octanol–water partition coefficient (Wildman–Crippen LogP) is 2.20. The summed E-state index contributed by atoms with van der Waals surface area (Å²) >= 11 is 0. The van der Waals surface area contributed by atoms with Crippen LogP contribution < -0.4 is 0 Å². The van der Waals surface area contributed by atoms with Crippen LogP contribution in [0.25, 0.3) is 0 Å². The highest BCUT2D eigenvalue weighted by atomic mass is 19.4. The first kappa shape index (κ1) is 9.52. The van der Waals surface area contributed by atoms with Gasteiger partial charge in [0, 0.05) is 6.42 Å². The van der Waals surface area contributed by atoms with E-state index in [2.05, 4.69) is 0 Å². The Morgan fingerprint density at radius 3 is 2.20 bits per heavy atom. The molecule has 0 spiro atoms. The minimum atomic E-state index is -4.76. The van der Waals surface area contributed by atoms with Gasteiger partial charge >= 0.3 is 6.98 Å². The molecule has 0 amide bonds. The van der Waals surface area contributed by atoms with E-state index >= 15 is 0 Å². The summed E-state index contributed by atoms with van der Waals surface area (Å²) in [5.41, 5.74) is 0. The Balaban J connectivity index is 3.46. The van der Waals surface area contributed by atoms with Gasteiger partial charge in [0.1, 0.15) is 5.78 Å². The Kier molecular flexibility index (Phi) is 3.46. The van der Waals surface area contributed by atoms with E-state index in [1.807, 2.05) is 0 Å². The van der Waals surface area contributed by atoms with E-state index in [1.165, 1.54) is 0 Å². The van der Waals surface area contributed by atoms with Crippen molar-refractivity contribution in [3.8, 4) is 0 Å². The van der Waals surface area contributed by atoms with E-state index in [1.54, 1.807) is 6.92 Å². The SMILES string of the molecule is CCC(=O)CC[B-](F)(F)F. The van der Waals surface area contributed by atoms with Gasteiger partial charge in [-0.3, -0.25) is 4.79 Å². The number of rotatable bonds is 4. The molecule has 0 saturated carbocycles. The molecule has 0 unspecified atom stereocenters. The number of hydrogen-bond acceptors (Lipinski definition) is 1. The standard InChI is InChI=1S/C5H9BF3O/c1-2-5(10)3-4-6(7,8)9/h2-4H2,1H3/q-1. The van der Waals surface area contributed by atoms with Gasteiger partial charge in [-0.1, -0.05) is 13.2 Å². The summed E-state index contributed by atoms with van der Waals surface area (Å²) in [7, 11) is 0. The third-order valence-electron chi connectivity index (χ3n) is 1.14. The Hall–Kier alpha value is -0.475. The van der Waals surface area contributed by atoms with Crippen LogP contribution in [0.3, 0.4) is 0 Å². The van der Waals surface area contributed by atoms with Crippen LogP contribution in [0.5, 0.6) is 0 Å². The van der Waals surface area contributed by atoms with Gasteiger partial charge in [0.25, 0.3) is 0 Å². The van der Waals surface area contributed by atoms with Gasteiger partial charge < -0.3 is 12.9 Å². The lowest BCUT2D eigenvalue weighted by molar-refractivity contribution is -0.118. The van der Waals surface area contributed by atoms with Gasteiger partial charge in [-0.05, 0) is 6.42 Å². The summed E-state index contributed by atoms with van der Waals surface area (Å²) in [6.07, 6.45) is -1.07. The molecular formula is C5H9BF3O-. The van der Waals surface area contributed by atoms with Crippen molar-refractivity contribution in [3.63, 3.8) is 0 Å². The molecule has 60 valence electrons. The summed E-state index contributed by atoms with van der Waals surface area (Å²) in [5.74, 6) is -0.320. The number of carbonyl (C=O) groups excluding carboxylic acids is 1. The minimum Gasteiger partial charge on any atom is -0.449 e. The van der Waals surface area contributed by atoms with Gasteiger partial charge in [-0.25, -0.2) is 0 Å². The third-order valence-corrected chi connectivity index (χ3v) is 1.14. The molecule has 0 aromatic rings. The fraction of sp³-hybridized carbons (Fsp3) is 0.800. The maximum Gasteiger partial charge on any atom is 0.478 e. The monoisotopic (exact) mass is 153 g/mol. The zero-order valence-corrected chi connectivity index (χ0v) is 5.74. The second-order valence-electron chi connectivity index (χ2n) is 2.14. The van der Waals surface area contributed by atoms with Crippen LogP contribution in [0, 0.1) is 0 Å². The topological polar surface area (TPSA) is 17.1 Å². The van der Waals surface area contributed by atoms with Crippen molar-refractivity contribution in [1.82, 2.24) is 0 Å². The van der Waals surface area contributed by atoms with Crippen LogP contribution in [-0.4, -0.2) is 12.8 Å². The second kappa shape index (κ2) is 3.63. The highest BCUT2D eigenvalue weighted by molar-refractivity contribution is 6.58. The predicted molar refractivity (Wildman–Crippen MR) is 33.8 cm³/mol. The summed E-state index contributed by atoms with van der Waals surface area (Å²) in [6.45, 7) is -3.20. The summed E-state index contributed by atoms with van der Waals surface area (Å²) < 4.78 is 34.4. The van der Waals surface area contributed by atoms with Crippen molar-refractivity contribution >= 4 is 12.8 Å². The van der Waals surface area contributed by atoms with Crippen LogP contribution in [0.1, 0.15) is 19.8 Å². The molecule has 0 bridgehead atoms.